The van der Waals surface area contributed by atoms with Gasteiger partial charge in [-0.2, -0.15) is 0 Å². The van der Waals surface area contributed by atoms with E-state index in [0.717, 1.165) is 30.8 Å². The van der Waals surface area contributed by atoms with Gasteiger partial charge < -0.3 is 0 Å². The Labute approximate surface area is 167 Å². The molecule has 0 fully saturated rings. The van der Waals surface area contributed by atoms with Crippen molar-refractivity contribution >= 4 is 5.69 Å². The fourth-order valence-corrected chi connectivity index (χ4v) is 3.26. The maximum Gasteiger partial charge on any atom is 0.0877 e. The Morgan fingerprint density at radius 2 is 1.44 bits per heavy atom. The van der Waals surface area contributed by atoms with E-state index in [2.05, 4.69) is 43.1 Å². The van der Waals surface area contributed by atoms with Crippen molar-refractivity contribution in [3.05, 3.63) is 29.3 Å². The lowest BCUT2D eigenvalue weighted by Gasteiger charge is -2.11. The van der Waals surface area contributed by atoms with Gasteiger partial charge in [0.2, 0.25) is 0 Å². The highest BCUT2D eigenvalue weighted by Crippen LogP contribution is 2.21. The van der Waals surface area contributed by atoms with Gasteiger partial charge in [-0.15, -0.1) is 11.5 Å². The molecule has 0 bridgehead atoms. The van der Waals surface area contributed by atoms with E-state index >= 15 is 0 Å². The zero-order valence-electron chi connectivity index (χ0n) is 17.8. The molecule has 0 saturated carbocycles. The van der Waals surface area contributed by atoms with E-state index < -0.39 is 0 Å². The highest BCUT2D eigenvalue weighted by atomic mass is 15.5. The molecular formula is C24H39N3. The Morgan fingerprint density at radius 3 is 2.00 bits per heavy atom. The van der Waals surface area contributed by atoms with E-state index in [9.17, 15) is 0 Å². The summed E-state index contributed by atoms with van der Waals surface area (Å²) >= 11 is 0. The summed E-state index contributed by atoms with van der Waals surface area (Å²) in [6.07, 6.45) is 20.2. The summed E-state index contributed by atoms with van der Waals surface area (Å²) in [6.45, 7) is 8.18. The van der Waals surface area contributed by atoms with Gasteiger partial charge >= 0.3 is 0 Å². The Hall–Kier alpha value is -1.82. The van der Waals surface area contributed by atoms with Gasteiger partial charge in [-0.05, 0) is 50.5 Å². The van der Waals surface area contributed by atoms with Crippen molar-refractivity contribution in [2.45, 2.75) is 91.4 Å². The van der Waals surface area contributed by atoms with Crippen molar-refractivity contribution in [2.24, 2.45) is 10.3 Å². The predicted octanol–water partition coefficient (Wildman–Crippen LogP) is 7.47. The maximum atomic E-state index is 5.67. The van der Waals surface area contributed by atoms with Crippen LogP contribution >= 0.6 is 0 Å². The van der Waals surface area contributed by atoms with Crippen LogP contribution in [0.1, 0.15) is 96.1 Å². The Balaban J connectivity index is 2.36. The number of benzene rings is 1. The number of aryl methyl sites for hydroxylation is 1. The number of unbranched alkanes of at least 4 members (excludes halogenated alkanes) is 9. The normalized spacial score (nSPS) is 11.0. The fourth-order valence-electron chi connectivity index (χ4n) is 3.26. The second-order valence-electron chi connectivity index (χ2n) is 7.25. The summed E-state index contributed by atoms with van der Waals surface area (Å²) in [5, 5.41) is 10.6. The average molecular weight is 370 g/mol. The number of hydrogen-bond acceptors (Lipinski definition) is 2. The molecule has 0 saturated heterocycles. The Bertz CT molecular complexity index is 567. The van der Waals surface area contributed by atoms with Crippen molar-refractivity contribution in [3.8, 4) is 12.3 Å². The average Bonchev–Trinajstić information content (AvgIpc) is 2.70. The minimum atomic E-state index is 0.869. The molecule has 150 valence electrons. The zero-order valence-corrected chi connectivity index (χ0v) is 17.8. The largest absolute Gasteiger partial charge is 0.279 e. The van der Waals surface area contributed by atoms with E-state index in [0.29, 0.717) is 0 Å². The third-order valence-electron chi connectivity index (χ3n) is 5.06. The van der Waals surface area contributed by atoms with Crippen LogP contribution in [0.4, 0.5) is 5.69 Å². The molecule has 0 heterocycles. The summed E-state index contributed by atoms with van der Waals surface area (Å²) in [5.74, 6) is 2.81. The van der Waals surface area contributed by atoms with E-state index in [4.69, 9.17) is 6.42 Å². The standard InChI is InChI=1S/C24H39N3/c1-5-9-10-11-12-13-14-15-16-17-18-23-21-24(20-19-22(23)6-2)25-26-27(7-3)8-4/h2,19-21H,5,7-18H2,1,3-4H3. The first-order valence-corrected chi connectivity index (χ1v) is 11.0. The van der Waals surface area contributed by atoms with Gasteiger partial charge in [0.1, 0.15) is 0 Å². The van der Waals surface area contributed by atoms with Crippen LogP contribution in [-0.4, -0.2) is 18.1 Å². The van der Waals surface area contributed by atoms with Crippen LogP contribution in [0.3, 0.4) is 0 Å². The first-order valence-electron chi connectivity index (χ1n) is 11.0. The summed E-state index contributed by atoms with van der Waals surface area (Å²) in [7, 11) is 0. The van der Waals surface area contributed by atoms with Crippen LogP contribution in [0.15, 0.2) is 28.5 Å². The Kier molecular flexibility index (Phi) is 13.1. The van der Waals surface area contributed by atoms with Gasteiger partial charge in [-0.25, -0.2) is 0 Å². The number of nitrogens with zero attached hydrogens (tertiary/aromatic N) is 3. The molecule has 3 nitrogen and oxygen atoms in total. The van der Waals surface area contributed by atoms with E-state index in [-0.39, 0.29) is 0 Å². The van der Waals surface area contributed by atoms with Gasteiger partial charge in [0.05, 0.1) is 5.69 Å². The van der Waals surface area contributed by atoms with Crippen molar-refractivity contribution in [3.63, 3.8) is 0 Å². The van der Waals surface area contributed by atoms with Crippen molar-refractivity contribution in [2.75, 3.05) is 13.1 Å². The van der Waals surface area contributed by atoms with Crippen LogP contribution < -0.4 is 0 Å². The number of rotatable bonds is 15. The fraction of sp³-hybridized carbons (Fsp3) is 0.667. The molecule has 27 heavy (non-hydrogen) atoms. The highest BCUT2D eigenvalue weighted by Gasteiger charge is 2.03. The highest BCUT2D eigenvalue weighted by molar-refractivity contribution is 5.49. The lowest BCUT2D eigenvalue weighted by molar-refractivity contribution is 0.300. The van der Waals surface area contributed by atoms with Gasteiger partial charge in [-0.1, -0.05) is 75.9 Å². The summed E-state index contributed by atoms with van der Waals surface area (Å²) in [6, 6.07) is 6.07. The van der Waals surface area contributed by atoms with Crippen LogP contribution in [0.25, 0.3) is 0 Å². The summed E-state index contributed by atoms with van der Waals surface area (Å²) < 4.78 is 0. The van der Waals surface area contributed by atoms with E-state index in [1.54, 1.807) is 0 Å². The van der Waals surface area contributed by atoms with Gasteiger partial charge in [-0.3, -0.25) is 5.01 Å². The minimum absolute atomic E-state index is 0.869. The molecule has 0 aliphatic heterocycles. The molecule has 3 heteroatoms. The smallest absolute Gasteiger partial charge is 0.0877 e. The molecule has 1 rings (SSSR count). The number of terminal acetylenes is 1. The maximum absolute atomic E-state index is 5.67. The molecule has 1 aromatic rings. The monoisotopic (exact) mass is 369 g/mol. The molecule has 0 aromatic heterocycles. The topological polar surface area (TPSA) is 28.0 Å². The lowest BCUT2D eigenvalue weighted by Crippen LogP contribution is -2.14. The third kappa shape index (κ3) is 10.2. The minimum Gasteiger partial charge on any atom is -0.279 e. The second kappa shape index (κ2) is 15.3. The van der Waals surface area contributed by atoms with E-state index in [1.807, 2.05) is 17.1 Å². The molecule has 0 unspecified atom stereocenters. The Morgan fingerprint density at radius 1 is 0.852 bits per heavy atom. The van der Waals surface area contributed by atoms with Crippen molar-refractivity contribution in [1.82, 2.24) is 5.01 Å². The van der Waals surface area contributed by atoms with Gasteiger partial charge in [0.15, 0.2) is 0 Å². The lowest BCUT2D eigenvalue weighted by atomic mass is 10.00. The quantitative estimate of drug-likeness (QED) is 0.136. The molecule has 0 radical (unpaired) electrons. The van der Waals surface area contributed by atoms with Gasteiger partial charge in [0.25, 0.3) is 0 Å². The third-order valence-corrected chi connectivity index (χ3v) is 5.06. The zero-order chi connectivity index (χ0) is 19.7. The first kappa shape index (κ1) is 23.2. The molecule has 0 atom stereocenters. The molecular weight excluding hydrogens is 330 g/mol. The van der Waals surface area contributed by atoms with Gasteiger partial charge in [0, 0.05) is 18.7 Å². The van der Waals surface area contributed by atoms with E-state index in [1.165, 1.54) is 69.8 Å². The van der Waals surface area contributed by atoms with Crippen molar-refractivity contribution in [1.29, 1.82) is 0 Å². The molecule has 0 aliphatic rings. The van der Waals surface area contributed by atoms with Crippen LogP contribution in [-0.2, 0) is 6.42 Å². The van der Waals surface area contributed by atoms with Crippen LogP contribution in [0.5, 0.6) is 0 Å². The summed E-state index contributed by atoms with van der Waals surface area (Å²) in [4.78, 5) is 0. The number of hydrogen-bond donors (Lipinski definition) is 0. The SMILES string of the molecule is C#Cc1ccc(N=NN(CC)CC)cc1CCCCCCCCCCCC. The van der Waals surface area contributed by atoms with Crippen LogP contribution in [0.2, 0.25) is 0 Å². The predicted molar refractivity (Wildman–Crippen MR) is 117 cm³/mol. The second-order valence-corrected chi connectivity index (χ2v) is 7.25. The molecule has 0 spiro atoms. The molecule has 0 aliphatic carbocycles. The summed E-state index contributed by atoms with van der Waals surface area (Å²) in [5.41, 5.74) is 3.11. The molecule has 1 aromatic carbocycles. The van der Waals surface area contributed by atoms with Crippen molar-refractivity contribution < 1.29 is 0 Å². The molecule has 0 amide bonds. The molecule has 0 N–H and O–H groups in total. The van der Waals surface area contributed by atoms with Crippen LogP contribution in [0, 0.1) is 12.3 Å². The first-order chi connectivity index (χ1) is 13.2.